The van der Waals surface area contributed by atoms with Crippen molar-refractivity contribution in [2.45, 2.75) is 38.1 Å². The Morgan fingerprint density at radius 1 is 1.23 bits per heavy atom. The zero-order chi connectivity index (χ0) is 21.4. The summed E-state index contributed by atoms with van der Waals surface area (Å²) < 4.78 is 1.77. The van der Waals surface area contributed by atoms with E-state index in [9.17, 15) is 4.79 Å². The lowest BCUT2D eigenvalue weighted by Crippen LogP contribution is -2.40. The van der Waals surface area contributed by atoms with E-state index in [1.165, 1.54) is 5.56 Å². The van der Waals surface area contributed by atoms with Crippen molar-refractivity contribution in [3.63, 3.8) is 0 Å². The van der Waals surface area contributed by atoms with E-state index in [4.69, 9.17) is 28.4 Å². The maximum absolute atomic E-state index is 12.9. The molecule has 2 N–H and O–H groups in total. The highest BCUT2D eigenvalue weighted by Crippen LogP contribution is 2.34. The molecule has 0 spiro atoms. The lowest BCUT2D eigenvalue weighted by molar-refractivity contribution is -0.135. The second-order valence-corrected chi connectivity index (χ2v) is 9.41. The molecule has 7 nitrogen and oxygen atoms in total. The molecule has 0 radical (unpaired) electrons. The lowest BCUT2D eigenvalue weighted by Gasteiger charge is -2.29. The normalized spacial score (nSPS) is 22.0. The molecule has 0 aromatic carbocycles. The number of carbonyl (C=O) groups is 1. The standard InChI is InChI=1S/C22H26Cl2N6O/c23-18-12-26-22(28-20(18)17-11-25-19-4-2-1-3-16(17)19)27-15-7-8-29(13-15)21(31)14-5-9-30(24)10-6-14/h2,4,11-12,14-15,25H,1,3,5-10,13H2,(H,26,27,28). The number of anilines is 1. The third kappa shape index (κ3) is 4.31. The van der Waals surface area contributed by atoms with Gasteiger partial charge in [-0.05, 0) is 55.5 Å². The molecule has 9 heteroatoms. The fraction of sp³-hybridized carbons (Fsp3) is 0.500. The van der Waals surface area contributed by atoms with Gasteiger partial charge in [-0.15, -0.1) is 0 Å². The summed E-state index contributed by atoms with van der Waals surface area (Å²) in [7, 11) is 0. The number of halogens is 2. The van der Waals surface area contributed by atoms with Crippen molar-refractivity contribution >= 4 is 41.3 Å². The molecular weight excluding hydrogens is 435 g/mol. The summed E-state index contributed by atoms with van der Waals surface area (Å²) >= 11 is 12.5. The van der Waals surface area contributed by atoms with Gasteiger partial charge in [0.15, 0.2) is 0 Å². The SMILES string of the molecule is O=C(C1CCN(Cl)CC1)N1CCC(Nc2ncc(Cl)c(-c3c[nH]c4c3CCC=C4)n2)C1. The molecule has 0 saturated carbocycles. The first kappa shape index (κ1) is 20.8. The molecule has 2 saturated heterocycles. The van der Waals surface area contributed by atoms with Crippen LogP contribution < -0.4 is 5.32 Å². The van der Waals surface area contributed by atoms with E-state index in [1.807, 2.05) is 11.1 Å². The largest absolute Gasteiger partial charge is 0.361 e. The summed E-state index contributed by atoms with van der Waals surface area (Å²) in [4.78, 5) is 27.3. The molecule has 5 rings (SSSR count). The predicted octanol–water partition coefficient (Wildman–Crippen LogP) is 3.96. The summed E-state index contributed by atoms with van der Waals surface area (Å²) in [6, 6.07) is 0.133. The number of amides is 1. The molecule has 2 aromatic rings. The van der Waals surface area contributed by atoms with Gasteiger partial charge in [-0.25, -0.2) is 14.4 Å². The molecule has 4 heterocycles. The van der Waals surface area contributed by atoms with E-state index in [-0.39, 0.29) is 17.9 Å². The molecular formula is C22H26Cl2N6O. The van der Waals surface area contributed by atoms with Gasteiger partial charge in [0.2, 0.25) is 11.9 Å². The molecule has 1 amide bonds. The van der Waals surface area contributed by atoms with Crippen LogP contribution in [0.2, 0.25) is 5.02 Å². The number of rotatable bonds is 4. The van der Waals surface area contributed by atoms with Crippen LogP contribution in [0.5, 0.6) is 0 Å². The summed E-state index contributed by atoms with van der Waals surface area (Å²) in [5.74, 6) is 0.884. The second-order valence-electron chi connectivity index (χ2n) is 8.52. The Bertz CT molecular complexity index is 998. The molecule has 2 aliphatic heterocycles. The Labute approximate surface area is 191 Å². The molecule has 1 aliphatic carbocycles. The van der Waals surface area contributed by atoms with Crippen molar-refractivity contribution in [1.82, 2.24) is 24.3 Å². The van der Waals surface area contributed by atoms with Crippen molar-refractivity contribution in [3.8, 4) is 11.3 Å². The maximum Gasteiger partial charge on any atom is 0.225 e. The van der Waals surface area contributed by atoms with Crippen LogP contribution in [-0.4, -0.2) is 62.4 Å². The van der Waals surface area contributed by atoms with E-state index >= 15 is 0 Å². The number of hydrogen-bond donors (Lipinski definition) is 2. The molecule has 3 aliphatic rings. The Hall–Kier alpha value is -2.09. The number of nitrogens with zero attached hydrogens (tertiary/aromatic N) is 4. The smallest absolute Gasteiger partial charge is 0.225 e. The predicted molar refractivity (Wildman–Crippen MR) is 123 cm³/mol. The van der Waals surface area contributed by atoms with Crippen molar-refractivity contribution < 1.29 is 4.79 Å². The van der Waals surface area contributed by atoms with Gasteiger partial charge in [0, 0.05) is 55.6 Å². The highest BCUT2D eigenvalue weighted by atomic mass is 35.5. The number of likely N-dealkylation sites (tertiary alicyclic amines) is 1. The Kier molecular flexibility index (Phi) is 5.91. The monoisotopic (exact) mass is 460 g/mol. The van der Waals surface area contributed by atoms with Crippen molar-refractivity contribution in [2.24, 2.45) is 5.92 Å². The Morgan fingerprint density at radius 2 is 2.06 bits per heavy atom. The first-order valence-corrected chi connectivity index (χ1v) is 11.7. The summed E-state index contributed by atoms with van der Waals surface area (Å²) in [6.07, 6.45) is 12.4. The minimum atomic E-state index is 0.0842. The van der Waals surface area contributed by atoms with Gasteiger partial charge in [-0.1, -0.05) is 17.7 Å². The summed E-state index contributed by atoms with van der Waals surface area (Å²) in [6.45, 7) is 2.97. The molecule has 164 valence electrons. The number of piperidine rings is 1. The van der Waals surface area contributed by atoms with Gasteiger partial charge in [0.1, 0.15) is 0 Å². The van der Waals surface area contributed by atoms with Crippen LogP contribution in [0.25, 0.3) is 17.3 Å². The van der Waals surface area contributed by atoms with Crippen LogP contribution in [0.4, 0.5) is 5.95 Å². The molecule has 2 fully saturated rings. The number of carbonyl (C=O) groups excluding carboxylic acids is 1. The van der Waals surface area contributed by atoms with Crippen LogP contribution in [0, 0.1) is 5.92 Å². The summed E-state index contributed by atoms with van der Waals surface area (Å²) in [5, 5.41) is 3.95. The first-order chi connectivity index (χ1) is 15.1. The van der Waals surface area contributed by atoms with Gasteiger partial charge in [-0.2, -0.15) is 0 Å². The van der Waals surface area contributed by atoms with Gasteiger partial charge < -0.3 is 15.2 Å². The summed E-state index contributed by atoms with van der Waals surface area (Å²) in [5.41, 5.74) is 4.14. The van der Waals surface area contributed by atoms with Gasteiger partial charge in [-0.3, -0.25) is 4.79 Å². The maximum atomic E-state index is 12.9. The van der Waals surface area contributed by atoms with Crippen LogP contribution >= 0.6 is 23.4 Å². The lowest BCUT2D eigenvalue weighted by atomic mass is 9.97. The second kappa shape index (κ2) is 8.81. The Morgan fingerprint density at radius 3 is 2.90 bits per heavy atom. The number of allylic oxidation sites excluding steroid dienone is 1. The van der Waals surface area contributed by atoms with Crippen molar-refractivity contribution in [3.05, 3.63) is 34.7 Å². The number of H-pyrrole nitrogens is 1. The van der Waals surface area contributed by atoms with E-state index in [0.29, 0.717) is 17.5 Å². The molecule has 31 heavy (non-hydrogen) atoms. The topological polar surface area (TPSA) is 77.2 Å². The number of hydrogen-bond acceptors (Lipinski definition) is 5. The minimum absolute atomic E-state index is 0.0842. The number of aromatic nitrogens is 3. The van der Waals surface area contributed by atoms with Crippen molar-refractivity contribution in [2.75, 3.05) is 31.5 Å². The third-order valence-corrected chi connectivity index (χ3v) is 7.10. The van der Waals surface area contributed by atoms with Gasteiger partial charge >= 0.3 is 0 Å². The third-order valence-electron chi connectivity index (χ3n) is 6.49. The van der Waals surface area contributed by atoms with Crippen LogP contribution in [-0.2, 0) is 11.2 Å². The average Bonchev–Trinajstić information content (AvgIpc) is 3.42. The highest BCUT2D eigenvalue weighted by molar-refractivity contribution is 6.33. The van der Waals surface area contributed by atoms with Crippen LogP contribution in [0.3, 0.4) is 0 Å². The minimum Gasteiger partial charge on any atom is -0.361 e. The Balaban J connectivity index is 1.26. The van der Waals surface area contributed by atoms with E-state index in [1.54, 1.807) is 10.6 Å². The molecule has 1 atom stereocenters. The molecule has 1 unspecified atom stereocenters. The number of fused-ring (bicyclic) bond motifs is 1. The van der Waals surface area contributed by atoms with E-state index in [0.717, 1.165) is 68.7 Å². The highest BCUT2D eigenvalue weighted by Gasteiger charge is 2.33. The first-order valence-electron chi connectivity index (χ1n) is 10.9. The van der Waals surface area contributed by atoms with Gasteiger partial charge in [0.05, 0.1) is 16.9 Å². The zero-order valence-electron chi connectivity index (χ0n) is 17.3. The van der Waals surface area contributed by atoms with Crippen LogP contribution in [0.15, 0.2) is 18.5 Å². The van der Waals surface area contributed by atoms with E-state index < -0.39 is 0 Å². The van der Waals surface area contributed by atoms with Crippen molar-refractivity contribution in [1.29, 1.82) is 0 Å². The van der Waals surface area contributed by atoms with Crippen LogP contribution in [0.1, 0.15) is 36.9 Å². The molecule has 2 aromatic heterocycles. The zero-order valence-corrected chi connectivity index (χ0v) is 18.8. The fourth-order valence-corrected chi connectivity index (χ4v) is 5.15. The molecule has 0 bridgehead atoms. The number of aromatic amines is 1. The average molecular weight is 461 g/mol. The quantitative estimate of drug-likeness (QED) is 0.675. The number of nitrogens with one attached hydrogen (secondary N) is 2. The van der Waals surface area contributed by atoms with E-state index in [2.05, 4.69) is 27.4 Å². The fourth-order valence-electron chi connectivity index (χ4n) is 4.77. The van der Waals surface area contributed by atoms with Gasteiger partial charge in [0.25, 0.3) is 0 Å².